The van der Waals surface area contributed by atoms with Crippen LogP contribution in [0.4, 0.5) is 4.79 Å². The highest BCUT2D eigenvalue weighted by atomic mass is 32.2. The van der Waals surface area contributed by atoms with Crippen LogP contribution in [-0.2, 0) is 4.79 Å². The van der Waals surface area contributed by atoms with Crippen LogP contribution in [0.15, 0.2) is 0 Å². The Morgan fingerprint density at radius 2 is 2.06 bits per heavy atom. The number of carbonyl (C=O) groups excluding carboxylic acids is 1. The third-order valence-electron chi connectivity index (χ3n) is 2.02. The normalized spacial score (nSPS) is 13.9. The number of thioether (sulfide) groups is 1. The molecular formula is C9H18N2O4S. The second-order valence-electron chi connectivity index (χ2n) is 3.31. The van der Waals surface area contributed by atoms with Crippen molar-refractivity contribution >= 4 is 23.8 Å². The van der Waals surface area contributed by atoms with Crippen LogP contribution in [0.3, 0.4) is 0 Å². The van der Waals surface area contributed by atoms with Crippen LogP contribution < -0.4 is 10.6 Å². The lowest BCUT2D eigenvalue weighted by Gasteiger charge is -2.13. The molecule has 94 valence electrons. The molecule has 0 heterocycles. The van der Waals surface area contributed by atoms with Gasteiger partial charge in [0.15, 0.2) is 6.04 Å². The number of hydrogen-bond donors (Lipinski definition) is 4. The number of nitrogens with one attached hydrogen (secondary N) is 2. The first kappa shape index (κ1) is 15.0. The van der Waals surface area contributed by atoms with Gasteiger partial charge in [-0.1, -0.05) is 6.92 Å². The lowest BCUT2D eigenvalue weighted by molar-refractivity contribution is -0.140. The van der Waals surface area contributed by atoms with E-state index in [2.05, 4.69) is 10.6 Å². The minimum Gasteiger partial charge on any atom is -0.480 e. The summed E-state index contributed by atoms with van der Waals surface area (Å²) in [5.74, 6) is -1.25. The fourth-order valence-corrected chi connectivity index (χ4v) is 1.26. The number of carboxylic acids is 1. The minimum absolute atomic E-state index is 0.438. The summed E-state index contributed by atoms with van der Waals surface area (Å²) in [4.78, 5) is 21.7. The van der Waals surface area contributed by atoms with Crippen molar-refractivity contribution in [3.05, 3.63) is 0 Å². The summed E-state index contributed by atoms with van der Waals surface area (Å²) in [6.45, 7) is 1.90. The zero-order valence-electron chi connectivity index (χ0n) is 9.40. The molecule has 2 unspecified atom stereocenters. The molecule has 0 aromatic rings. The lowest BCUT2D eigenvalue weighted by atomic mass is 10.3. The SMILES string of the molecule is CSC(C)CCNC(=O)NC(CO)C(=O)O. The van der Waals surface area contributed by atoms with Gasteiger partial charge in [0.1, 0.15) is 0 Å². The van der Waals surface area contributed by atoms with Crippen LogP contribution in [-0.4, -0.2) is 52.9 Å². The molecule has 0 aliphatic heterocycles. The second-order valence-corrected chi connectivity index (χ2v) is 4.58. The van der Waals surface area contributed by atoms with Gasteiger partial charge in [-0.2, -0.15) is 11.8 Å². The number of rotatable bonds is 7. The average Bonchev–Trinajstić information content (AvgIpc) is 2.25. The van der Waals surface area contributed by atoms with Crippen molar-refractivity contribution in [1.29, 1.82) is 0 Å². The summed E-state index contributed by atoms with van der Waals surface area (Å²) in [5.41, 5.74) is 0. The number of aliphatic carboxylic acids is 1. The zero-order chi connectivity index (χ0) is 12.6. The fourth-order valence-electron chi connectivity index (χ4n) is 0.902. The molecule has 2 amide bonds. The Balaban J connectivity index is 3.77. The molecule has 0 aromatic carbocycles. The van der Waals surface area contributed by atoms with Crippen LogP contribution in [0, 0.1) is 0 Å². The van der Waals surface area contributed by atoms with Gasteiger partial charge in [0.2, 0.25) is 0 Å². The zero-order valence-corrected chi connectivity index (χ0v) is 10.2. The molecule has 0 fully saturated rings. The quantitative estimate of drug-likeness (QED) is 0.504. The number of amides is 2. The molecule has 0 aliphatic carbocycles. The molecular weight excluding hydrogens is 232 g/mol. The summed E-state index contributed by atoms with van der Waals surface area (Å²) in [6, 6.07) is -1.83. The van der Waals surface area contributed by atoms with Gasteiger partial charge >= 0.3 is 12.0 Å². The summed E-state index contributed by atoms with van der Waals surface area (Å²) in [7, 11) is 0. The highest BCUT2D eigenvalue weighted by molar-refractivity contribution is 7.99. The van der Waals surface area contributed by atoms with E-state index in [9.17, 15) is 9.59 Å². The van der Waals surface area contributed by atoms with Crippen molar-refractivity contribution in [3.63, 3.8) is 0 Å². The van der Waals surface area contributed by atoms with E-state index in [0.717, 1.165) is 6.42 Å². The van der Waals surface area contributed by atoms with Crippen molar-refractivity contribution in [3.8, 4) is 0 Å². The van der Waals surface area contributed by atoms with E-state index in [1.54, 1.807) is 11.8 Å². The predicted molar refractivity (Wildman–Crippen MR) is 62.6 cm³/mol. The van der Waals surface area contributed by atoms with Gasteiger partial charge in [0.25, 0.3) is 0 Å². The minimum atomic E-state index is -1.25. The Morgan fingerprint density at radius 1 is 1.44 bits per heavy atom. The lowest BCUT2D eigenvalue weighted by Crippen LogP contribution is -2.48. The maximum absolute atomic E-state index is 11.2. The third-order valence-corrected chi connectivity index (χ3v) is 3.07. The van der Waals surface area contributed by atoms with Crippen molar-refractivity contribution in [2.24, 2.45) is 0 Å². The molecule has 0 radical (unpaired) electrons. The molecule has 6 nitrogen and oxygen atoms in total. The van der Waals surface area contributed by atoms with Crippen molar-refractivity contribution < 1.29 is 19.8 Å². The van der Waals surface area contributed by atoms with Gasteiger partial charge in [0.05, 0.1) is 6.61 Å². The van der Waals surface area contributed by atoms with E-state index >= 15 is 0 Å². The van der Waals surface area contributed by atoms with Crippen LogP contribution in [0.5, 0.6) is 0 Å². The third kappa shape index (κ3) is 6.52. The second kappa shape index (κ2) is 8.23. The van der Waals surface area contributed by atoms with Gasteiger partial charge in [0, 0.05) is 11.8 Å². The number of carboxylic acid groups (broad SMARTS) is 1. The predicted octanol–water partition coefficient (Wildman–Crippen LogP) is -0.127. The van der Waals surface area contributed by atoms with Crippen LogP contribution >= 0.6 is 11.8 Å². The summed E-state index contributed by atoms with van der Waals surface area (Å²) in [5, 5.41) is 22.4. The van der Waals surface area contributed by atoms with Crippen molar-refractivity contribution in [1.82, 2.24) is 10.6 Å². The molecule has 0 saturated carbocycles. The molecule has 0 spiro atoms. The number of hydrogen-bond acceptors (Lipinski definition) is 4. The van der Waals surface area contributed by atoms with Crippen molar-refractivity contribution in [2.45, 2.75) is 24.6 Å². The molecule has 2 atom stereocenters. The first-order valence-electron chi connectivity index (χ1n) is 4.92. The maximum atomic E-state index is 11.2. The molecule has 7 heteroatoms. The number of urea groups is 1. The Kier molecular flexibility index (Phi) is 7.74. The Bertz CT molecular complexity index is 238. The van der Waals surface area contributed by atoms with E-state index in [4.69, 9.17) is 10.2 Å². The first-order valence-corrected chi connectivity index (χ1v) is 6.20. The van der Waals surface area contributed by atoms with E-state index < -0.39 is 24.6 Å². The standard InChI is InChI=1S/C9H18N2O4S/c1-6(16-2)3-4-10-9(15)11-7(5-12)8(13)14/h6-7,12H,3-5H2,1-2H3,(H,13,14)(H2,10,11,15). The molecule has 0 aromatic heterocycles. The largest absolute Gasteiger partial charge is 0.480 e. The summed E-state index contributed by atoms with van der Waals surface area (Å²) >= 11 is 1.69. The van der Waals surface area contributed by atoms with Gasteiger partial charge in [-0.15, -0.1) is 0 Å². The average molecular weight is 250 g/mol. The Hall–Kier alpha value is -0.950. The number of carbonyl (C=O) groups is 2. The highest BCUT2D eigenvalue weighted by Crippen LogP contribution is 2.07. The molecule has 0 aliphatic rings. The monoisotopic (exact) mass is 250 g/mol. The van der Waals surface area contributed by atoms with Crippen LogP contribution in [0.25, 0.3) is 0 Å². The van der Waals surface area contributed by atoms with Gasteiger partial charge in [-0.3, -0.25) is 0 Å². The smallest absolute Gasteiger partial charge is 0.328 e. The van der Waals surface area contributed by atoms with E-state index in [1.807, 2.05) is 13.2 Å². The van der Waals surface area contributed by atoms with Crippen molar-refractivity contribution in [2.75, 3.05) is 19.4 Å². The van der Waals surface area contributed by atoms with Gasteiger partial charge in [-0.05, 0) is 12.7 Å². The molecule has 4 N–H and O–H groups in total. The molecule has 0 rings (SSSR count). The Labute approximate surface area is 98.8 Å². The van der Waals surface area contributed by atoms with Gasteiger partial charge in [-0.25, -0.2) is 9.59 Å². The van der Waals surface area contributed by atoms with E-state index in [1.165, 1.54) is 0 Å². The van der Waals surface area contributed by atoms with Crippen LogP contribution in [0.2, 0.25) is 0 Å². The van der Waals surface area contributed by atoms with E-state index in [-0.39, 0.29) is 0 Å². The van der Waals surface area contributed by atoms with Crippen LogP contribution in [0.1, 0.15) is 13.3 Å². The summed E-state index contributed by atoms with van der Waals surface area (Å²) in [6.07, 6.45) is 2.79. The number of aliphatic hydroxyl groups is 1. The van der Waals surface area contributed by atoms with E-state index in [0.29, 0.717) is 11.8 Å². The Morgan fingerprint density at radius 3 is 2.50 bits per heavy atom. The number of aliphatic hydroxyl groups excluding tert-OH is 1. The molecule has 0 saturated heterocycles. The first-order chi connectivity index (χ1) is 7.51. The molecule has 0 bridgehead atoms. The molecule has 16 heavy (non-hydrogen) atoms. The highest BCUT2D eigenvalue weighted by Gasteiger charge is 2.18. The maximum Gasteiger partial charge on any atom is 0.328 e. The summed E-state index contributed by atoms with van der Waals surface area (Å²) < 4.78 is 0. The topological polar surface area (TPSA) is 98.7 Å². The fraction of sp³-hybridized carbons (Fsp3) is 0.778. The van der Waals surface area contributed by atoms with Gasteiger partial charge < -0.3 is 20.8 Å².